The van der Waals surface area contributed by atoms with Gasteiger partial charge in [-0.25, -0.2) is 0 Å². The van der Waals surface area contributed by atoms with Gasteiger partial charge in [0.25, 0.3) is 5.91 Å². The summed E-state index contributed by atoms with van der Waals surface area (Å²) in [7, 11) is 0. The molecule has 0 radical (unpaired) electrons. The summed E-state index contributed by atoms with van der Waals surface area (Å²) in [6.07, 6.45) is 4.69. The smallest absolute Gasteiger partial charge is 0.303 e. The van der Waals surface area contributed by atoms with Gasteiger partial charge < -0.3 is 10.4 Å². The van der Waals surface area contributed by atoms with Gasteiger partial charge in [0.05, 0.1) is 0 Å². The lowest BCUT2D eigenvalue weighted by Gasteiger charge is -2.07. The van der Waals surface area contributed by atoms with Gasteiger partial charge in [0, 0.05) is 18.3 Å². The number of amides is 1. The Balaban J connectivity index is 1.64. The lowest BCUT2D eigenvalue weighted by Crippen LogP contribution is -2.13. The van der Waals surface area contributed by atoms with Gasteiger partial charge in [0.15, 0.2) is 0 Å². The number of anilines is 1. The van der Waals surface area contributed by atoms with E-state index in [2.05, 4.69) is 10.3 Å². The summed E-state index contributed by atoms with van der Waals surface area (Å²) in [4.78, 5) is 27.1. The highest BCUT2D eigenvalue weighted by Gasteiger charge is 2.23. The van der Waals surface area contributed by atoms with E-state index in [0.717, 1.165) is 5.56 Å². The molecule has 0 atom stereocenters. The molecule has 2 aromatic rings. The Morgan fingerprint density at radius 3 is 2.70 bits per heavy atom. The molecule has 5 heteroatoms. The van der Waals surface area contributed by atoms with Gasteiger partial charge in [0.2, 0.25) is 0 Å². The number of aromatic nitrogens is 1. The van der Waals surface area contributed by atoms with Crippen LogP contribution in [0, 0.1) is 0 Å². The normalized spacial score (nSPS) is 13.6. The predicted molar refractivity (Wildman–Crippen MR) is 86.6 cm³/mol. The third-order valence-electron chi connectivity index (χ3n) is 3.88. The number of carboxylic acids is 1. The zero-order chi connectivity index (χ0) is 16.2. The summed E-state index contributed by atoms with van der Waals surface area (Å²) in [5.74, 6) is -0.479. The van der Waals surface area contributed by atoms with Crippen LogP contribution in [0.4, 0.5) is 5.69 Å². The topological polar surface area (TPSA) is 79.3 Å². The molecule has 1 aromatic heterocycles. The van der Waals surface area contributed by atoms with Crippen molar-refractivity contribution in [2.24, 2.45) is 0 Å². The van der Waals surface area contributed by atoms with Crippen LogP contribution in [0.5, 0.6) is 0 Å². The van der Waals surface area contributed by atoms with Gasteiger partial charge in [-0.2, -0.15) is 0 Å². The molecule has 5 nitrogen and oxygen atoms in total. The maximum absolute atomic E-state index is 12.2. The lowest BCUT2D eigenvalue weighted by molar-refractivity contribution is -0.136. The molecule has 0 bridgehead atoms. The Morgan fingerprint density at radius 2 is 2.04 bits per heavy atom. The van der Waals surface area contributed by atoms with Crippen LogP contribution in [-0.2, 0) is 11.2 Å². The molecule has 1 aliphatic carbocycles. The van der Waals surface area contributed by atoms with Crippen LogP contribution < -0.4 is 5.32 Å². The average Bonchev–Trinajstić information content (AvgIpc) is 3.38. The number of pyridine rings is 1. The zero-order valence-corrected chi connectivity index (χ0v) is 12.7. The molecule has 1 fully saturated rings. The molecule has 23 heavy (non-hydrogen) atoms. The molecular formula is C18H18N2O3. The van der Waals surface area contributed by atoms with E-state index in [9.17, 15) is 9.59 Å². The van der Waals surface area contributed by atoms with Gasteiger partial charge in [-0.3, -0.25) is 14.6 Å². The molecule has 3 rings (SSSR count). The maximum atomic E-state index is 12.2. The van der Waals surface area contributed by atoms with Crippen LogP contribution >= 0.6 is 0 Å². The summed E-state index contributed by atoms with van der Waals surface area (Å²) in [6.45, 7) is 0. The molecule has 1 aromatic carbocycles. The van der Waals surface area contributed by atoms with Gasteiger partial charge in [-0.1, -0.05) is 18.2 Å². The van der Waals surface area contributed by atoms with Crippen molar-refractivity contribution < 1.29 is 14.7 Å². The SMILES string of the molecule is O=C(O)CCc1cccc(NC(=O)c2ccc(C3CC3)cn2)c1. The van der Waals surface area contributed by atoms with E-state index < -0.39 is 5.97 Å². The first-order valence-corrected chi connectivity index (χ1v) is 7.70. The molecule has 0 aliphatic heterocycles. The minimum absolute atomic E-state index is 0.0710. The van der Waals surface area contributed by atoms with Gasteiger partial charge in [0.1, 0.15) is 5.69 Å². The third kappa shape index (κ3) is 4.16. The van der Waals surface area contributed by atoms with Crippen LogP contribution in [0.1, 0.15) is 46.8 Å². The molecule has 1 aliphatic rings. The third-order valence-corrected chi connectivity index (χ3v) is 3.88. The van der Waals surface area contributed by atoms with Crippen LogP contribution in [0.2, 0.25) is 0 Å². The summed E-state index contributed by atoms with van der Waals surface area (Å²) >= 11 is 0. The number of aryl methyl sites for hydroxylation is 1. The molecule has 118 valence electrons. The highest BCUT2D eigenvalue weighted by atomic mass is 16.4. The fourth-order valence-electron chi connectivity index (χ4n) is 2.45. The highest BCUT2D eigenvalue weighted by molar-refractivity contribution is 6.02. The second-order valence-corrected chi connectivity index (χ2v) is 5.80. The van der Waals surface area contributed by atoms with E-state index in [4.69, 9.17) is 5.11 Å². The monoisotopic (exact) mass is 310 g/mol. The van der Waals surface area contributed by atoms with Crippen molar-refractivity contribution in [1.29, 1.82) is 0 Å². The molecular weight excluding hydrogens is 292 g/mol. The molecule has 0 saturated heterocycles. The van der Waals surface area contributed by atoms with Crippen LogP contribution in [0.3, 0.4) is 0 Å². The maximum Gasteiger partial charge on any atom is 0.303 e. The average molecular weight is 310 g/mol. The summed E-state index contributed by atoms with van der Waals surface area (Å²) < 4.78 is 0. The first-order chi connectivity index (χ1) is 11.1. The Hall–Kier alpha value is -2.69. The standard InChI is InChI=1S/C18H18N2O3/c21-17(22)9-4-12-2-1-3-15(10-12)20-18(23)16-8-7-14(11-19-16)13-5-6-13/h1-3,7-8,10-11,13H,4-6,9H2,(H,20,23)(H,21,22). The predicted octanol–water partition coefficient (Wildman–Crippen LogP) is 3.23. The number of nitrogens with one attached hydrogen (secondary N) is 1. The number of hydrogen-bond acceptors (Lipinski definition) is 3. The minimum atomic E-state index is -0.834. The van der Waals surface area contributed by atoms with Crippen molar-refractivity contribution in [3.63, 3.8) is 0 Å². The Labute approximate surface area is 134 Å². The number of nitrogens with zero attached hydrogens (tertiary/aromatic N) is 1. The van der Waals surface area contributed by atoms with Crippen molar-refractivity contribution in [3.05, 3.63) is 59.4 Å². The molecule has 2 N–H and O–H groups in total. The van der Waals surface area contributed by atoms with E-state index in [1.807, 2.05) is 12.1 Å². The first kappa shape index (κ1) is 15.2. The van der Waals surface area contributed by atoms with E-state index in [1.165, 1.54) is 18.4 Å². The number of carbonyl (C=O) groups excluding carboxylic acids is 1. The zero-order valence-electron chi connectivity index (χ0n) is 12.7. The van der Waals surface area contributed by atoms with Crippen molar-refractivity contribution in [2.75, 3.05) is 5.32 Å². The van der Waals surface area contributed by atoms with Crippen LogP contribution in [0.25, 0.3) is 0 Å². The number of benzene rings is 1. The van der Waals surface area contributed by atoms with E-state index in [-0.39, 0.29) is 12.3 Å². The van der Waals surface area contributed by atoms with Gasteiger partial charge in [-0.15, -0.1) is 0 Å². The summed E-state index contributed by atoms with van der Waals surface area (Å²) in [5.41, 5.74) is 3.09. The molecule has 1 saturated carbocycles. The molecule has 1 heterocycles. The van der Waals surface area contributed by atoms with Crippen LogP contribution in [-0.4, -0.2) is 22.0 Å². The number of carboxylic acid groups (broad SMARTS) is 1. The second-order valence-electron chi connectivity index (χ2n) is 5.80. The highest BCUT2D eigenvalue weighted by Crippen LogP contribution is 2.39. The van der Waals surface area contributed by atoms with E-state index in [0.29, 0.717) is 23.7 Å². The van der Waals surface area contributed by atoms with Crippen molar-refractivity contribution in [2.45, 2.75) is 31.6 Å². The molecule has 1 amide bonds. The number of hydrogen-bond donors (Lipinski definition) is 2. The molecule has 0 unspecified atom stereocenters. The largest absolute Gasteiger partial charge is 0.481 e. The second kappa shape index (κ2) is 6.60. The lowest BCUT2D eigenvalue weighted by atomic mass is 10.1. The fourth-order valence-corrected chi connectivity index (χ4v) is 2.45. The van der Waals surface area contributed by atoms with Crippen molar-refractivity contribution in [1.82, 2.24) is 4.98 Å². The van der Waals surface area contributed by atoms with Crippen molar-refractivity contribution in [3.8, 4) is 0 Å². The number of carbonyl (C=O) groups is 2. The quantitative estimate of drug-likeness (QED) is 0.858. The number of rotatable bonds is 6. The minimum Gasteiger partial charge on any atom is -0.481 e. The Kier molecular flexibility index (Phi) is 4.37. The van der Waals surface area contributed by atoms with Gasteiger partial charge >= 0.3 is 5.97 Å². The Bertz CT molecular complexity index is 721. The van der Waals surface area contributed by atoms with Gasteiger partial charge in [-0.05, 0) is 54.5 Å². The summed E-state index contributed by atoms with van der Waals surface area (Å²) in [5, 5.41) is 11.5. The van der Waals surface area contributed by atoms with E-state index >= 15 is 0 Å². The van der Waals surface area contributed by atoms with Crippen molar-refractivity contribution >= 4 is 17.6 Å². The first-order valence-electron chi connectivity index (χ1n) is 7.70. The number of aliphatic carboxylic acids is 1. The van der Waals surface area contributed by atoms with E-state index in [1.54, 1.807) is 30.5 Å². The molecule has 0 spiro atoms. The van der Waals surface area contributed by atoms with Crippen LogP contribution in [0.15, 0.2) is 42.6 Å². The Morgan fingerprint density at radius 1 is 1.22 bits per heavy atom. The summed E-state index contributed by atoms with van der Waals surface area (Å²) in [6, 6.07) is 10.9. The fraction of sp³-hybridized carbons (Fsp3) is 0.278.